The molecule has 2 heterocycles. The van der Waals surface area contributed by atoms with Crippen LogP contribution in [0.3, 0.4) is 0 Å². The molecular weight excluding hydrogens is 312 g/mol. The van der Waals surface area contributed by atoms with Crippen molar-refractivity contribution in [1.29, 1.82) is 0 Å². The van der Waals surface area contributed by atoms with Crippen LogP contribution in [0.2, 0.25) is 0 Å². The Morgan fingerprint density at radius 1 is 0.720 bits per heavy atom. The summed E-state index contributed by atoms with van der Waals surface area (Å²) in [6.45, 7) is 14.8. The van der Waals surface area contributed by atoms with E-state index in [0.717, 1.165) is 24.6 Å². The third-order valence-electron chi connectivity index (χ3n) is 6.08. The summed E-state index contributed by atoms with van der Waals surface area (Å²) >= 11 is 0. The van der Waals surface area contributed by atoms with Crippen LogP contribution in [0.5, 0.6) is 0 Å². The molecule has 0 radical (unpaired) electrons. The van der Waals surface area contributed by atoms with Crippen LogP contribution >= 0.6 is 0 Å². The average Bonchev–Trinajstić information content (AvgIpc) is 3.13. The minimum Gasteiger partial charge on any atom is -0.478 e. The van der Waals surface area contributed by atoms with Crippen LogP contribution in [0.1, 0.15) is 80.1 Å². The van der Waals surface area contributed by atoms with Gasteiger partial charge in [-0.05, 0) is 23.7 Å². The van der Waals surface area contributed by atoms with Crippen LogP contribution in [-0.2, 0) is 9.47 Å². The molecule has 142 valence electrons. The van der Waals surface area contributed by atoms with Gasteiger partial charge in [-0.2, -0.15) is 0 Å². The van der Waals surface area contributed by atoms with Crippen LogP contribution in [0.4, 0.5) is 0 Å². The van der Waals surface area contributed by atoms with Gasteiger partial charge in [0.25, 0.3) is 0 Å². The van der Waals surface area contributed by atoms with Crippen LogP contribution in [0.25, 0.3) is 0 Å². The summed E-state index contributed by atoms with van der Waals surface area (Å²) in [6.07, 6.45) is 7.08. The Labute approximate surface area is 153 Å². The second-order valence-electron chi connectivity index (χ2n) is 10.3. The minimum absolute atomic E-state index is 0.125. The van der Waals surface area contributed by atoms with E-state index < -0.39 is 0 Å². The molecule has 1 saturated carbocycles. The molecule has 0 unspecified atom stereocenters. The molecule has 0 spiro atoms. The van der Waals surface area contributed by atoms with Gasteiger partial charge in [-0.15, -0.1) is 0 Å². The lowest BCUT2D eigenvalue weighted by Crippen LogP contribution is -2.39. The van der Waals surface area contributed by atoms with Crippen LogP contribution < -0.4 is 0 Å². The Hall–Kier alpha value is -1.06. The van der Waals surface area contributed by atoms with Crippen molar-refractivity contribution < 1.29 is 9.47 Å². The summed E-state index contributed by atoms with van der Waals surface area (Å²) in [6, 6.07) is 0.450. The maximum absolute atomic E-state index is 6.21. The van der Waals surface area contributed by atoms with E-state index in [4.69, 9.17) is 19.5 Å². The van der Waals surface area contributed by atoms with Gasteiger partial charge >= 0.3 is 0 Å². The van der Waals surface area contributed by atoms with Gasteiger partial charge in [-0.25, -0.2) is 9.98 Å². The lowest BCUT2D eigenvalue weighted by molar-refractivity contribution is 0.202. The fourth-order valence-electron chi connectivity index (χ4n) is 4.01. The van der Waals surface area contributed by atoms with Gasteiger partial charge in [0.15, 0.2) is 11.8 Å². The van der Waals surface area contributed by atoms with Crippen molar-refractivity contribution in [2.45, 2.75) is 92.2 Å². The van der Waals surface area contributed by atoms with E-state index in [0.29, 0.717) is 13.2 Å². The maximum atomic E-state index is 6.21. The zero-order chi connectivity index (χ0) is 18.3. The van der Waals surface area contributed by atoms with Gasteiger partial charge < -0.3 is 9.47 Å². The summed E-state index contributed by atoms with van der Waals surface area (Å²) in [5, 5.41) is 0. The Bertz CT molecular complexity index is 501. The van der Waals surface area contributed by atoms with Gasteiger partial charge in [-0.1, -0.05) is 67.2 Å². The van der Waals surface area contributed by atoms with Crippen molar-refractivity contribution in [3.05, 3.63) is 0 Å². The van der Waals surface area contributed by atoms with Gasteiger partial charge in [0.05, 0.1) is 12.1 Å². The summed E-state index contributed by atoms with van der Waals surface area (Å²) in [4.78, 5) is 10.1. The highest BCUT2D eigenvalue weighted by molar-refractivity contribution is 6.06. The number of rotatable bonds is 2. The van der Waals surface area contributed by atoms with Gasteiger partial charge in [0.1, 0.15) is 18.6 Å². The van der Waals surface area contributed by atoms with E-state index in [9.17, 15) is 0 Å². The lowest BCUT2D eigenvalue weighted by Gasteiger charge is -2.30. The fourth-order valence-corrected chi connectivity index (χ4v) is 4.01. The van der Waals surface area contributed by atoms with Crippen molar-refractivity contribution >= 4 is 11.8 Å². The molecule has 3 rings (SSSR count). The molecule has 3 aliphatic rings. The number of hydrogen-bond acceptors (Lipinski definition) is 4. The first-order chi connectivity index (χ1) is 11.6. The standard InChI is InChI=1S/C21H36N2O2/c1-19(2,3)15-13-24-17(22-15)21(11-9-7-8-10-12-21)18-23-16(14-25-18)20(4,5)6/h15-16H,7-14H2,1-6H3/t15-,16-/m0/s1. The molecule has 2 aliphatic heterocycles. The van der Waals surface area contributed by atoms with Crippen molar-refractivity contribution in [3.63, 3.8) is 0 Å². The van der Waals surface area contributed by atoms with Gasteiger partial charge in [0, 0.05) is 0 Å². The van der Waals surface area contributed by atoms with E-state index in [1.807, 2.05) is 0 Å². The van der Waals surface area contributed by atoms with Crippen LogP contribution in [-0.4, -0.2) is 37.1 Å². The first-order valence-electron chi connectivity index (χ1n) is 10.1. The zero-order valence-electron chi connectivity index (χ0n) is 17.0. The zero-order valence-corrected chi connectivity index (χ0v) is 17.0. The first kappa shape index (κ1) is 18.7. The van der Waals surface area contributed by atoms with E-state index in [2.05, 4.69) is 41.5 Å². The molecule has 0 saturated heterocycles. The monoisotopic (exact) mass is 348 g/mol. The van der Waals surface area contributed by atoms with E-state index >= 15 is 0 Å². The highest BCUT2D eigenvalue weighted by Crippen LogP contribution is 2.44. The van der Waals surface area contributed by atoms with Gasteiger partial charge in [0.2, 0.25) is 0 Å². The summed E-state index contributed by atoms with van der Waals surface area (Å²) in [5.41, 5.74) is 0.0242. The average molecular weight is 349 g/mol. The molecule has 0 N–H and O–H groups in total. The quantitative estimate of drug-likeness (QED) is 0.658. The number of aliphatic imine (C=N–C) groups is 2. The second kappa shape index (κ2) is 6.59. The third kappa shape index (κ3) is 3.73. The number of ether oxygens (including phenoxy) is 2. The summed E-state index contributed by atoms with van der Waals surface area (Å²) < 4.78 is 12.4. The Balaban J connectivity index is 1.95. The molecule has 1 fully saturated rings. The SMILES string of the molecule is CC(C)(C)[C@@H]1COC(C2(C3=N[C@H](C(C)(C)C)CO3)CCCCCC2)=N1. The van der Waals surface area contributed by atoms with E-state index in [-0.39, 0.29) is 28.3 Å². The number of nitrogens with zero attached hydrogens (tertiary/aromatic N) is 2. The number of hydrogen-bond donors (Lipinski definition) is 0. The molecule has 0 bridgehead atoms. The molecule has 4 heteroatoms. The topological polar surface area (TPSA) is 43.2 Å². The van der Waals surface area contributed by atoms with Crippen molar-refractivity contribution in [3.8, 4) is 0 Å². The lowest BCUT2D eigenvalue weighted by atomic mass is 9.79. The normalized spacial score (nSPS) is 30.2. The van der Waals surface area contributed by atoms with Crippen molar-refractivity contribution in [1.82, 2.24) is 0 Å². The molecule has 25 heavy (non-hydrogen) atoms. The highest BCUT2D eigenvalue weighted by Gasteiger charge is 2.50. The molecule has 0 aromatic heterocycles. The minimum atomic E-state index is -0.226. The highest BCUT2D eigenvalue weighted by atomic mass is 16.5. The molecule has 0 aromatic rings. The molecule has 2 atom stereocenters. The predicted octanol–water partition coefficient (Wildman–Crippen LogP) is 5.01. The van der Waals surface area contributed by atoms with Crippen LogP contribution in [0, 0.1) is 16.2 Å². The molecule has 0 amide bonds. The van der Waals surface area contributed by atoms with Gasteiger partial charge in [-0.3, -0.25) is 0 Å². The Kier molecular flexibility index (Phi) is 4.93. The van der Waals surface area contributed by atoms with Crippen LogP contribution in [0.15, 0.2) is 9.98 Å². The molecule has 4 nitrogen and oxygen atoms in total. The third-order valence-corrected chi connectivity index (χ3v) is 6.08. The first-order valence-corrected chi connectivity index (χ1v) is 10.1. The molecule has 1 aliphatic carbocycles. The molecule has 0 aromatic carbocycles. The summed E-state index contributed by atoms with van der Waals surface area (Å²) in [7, 11) is 0. The van der Waals surface area contributed by atoms with E-state index in [1.165, 1.54) is 25.7 Å². The Morgan fingerprint density at radius 3 is 1.44 bits per heavy atom. The fraction of sp³-hybridized carbons (Fsp3) is 0.905. The van der Waals surface area contributed by atoms with E-state index in [1.54, 1.807) is 0 Å². The largest absolute Gasteiger partial charge is 0.478 e. The maximum Gasteiger partial charge on any atom is 0.199 e. The van der Waals surface area contributed by atoms with Crippen molar-refractivity contribution in [2.75, 3.05) is 13.2 Å². The van der Waals surface area contributed by atoms with Crippen molar-refractivity contribution in [2.24, 2.45) is 26.2 Å². The Morgan fingerprint density at radius 2 is 1.12 bits per heavy atom. The predicted molar refractivity (Wildman–Crippen MR) is 103 cm³/mol. The smallest absolute Gasteiger partial charge is 0.199 e. The second-order valence-corrected chi connectivity index (χ2v) is 10.3. The molecular formula is C21H36N2O2. The summed E-state index contributed by atoms with van der Waals surface area (Å²) in [5.74, 6) is 1.81.